The molecule has 0 radical (unpaired) electrons. The fourth-order valence-electron chi connectivity index (χ4n) is 2.55. The summed E-state index contributed by atoms with van der Waals surface area (Å²) in [6.07, 6.45) is 0. The first kappa shape index (κ1) is 21.1. The Hall–Kier alpha value is -2.65. The average molecular weight is 436 g/mol. The van der Waals surface area contributed by atoms with Crippen LogP contribution in [0.15, 0.2) is 47.6 Å². The second kappa shape index (κ2) is 9.71. The van der Waals surface area contributed by atoms with Crippen molar-refractivity contribution in [1.82, 2.24) is 25.1 Å². The van der Waals surface area contributed by atoms with Crippen molar-refractivity contribution in [2.45, 2.75) is 18.2 Å². The van der Waals surface area contributed by atoms with Crippen molar-refractivity contribution in [2.24, 2.45) is 0 Å². The number of amides is 1. The molecule has 10 heteroatoms. The highest BCUT2D eigenvalue weighted by molar-refractivity contribution is 7.99. The maximum absolute atomic E-state index is 13.9. The average Bonchev–Trinajstić information content (AvgIpc) is 3.16. The van der Waals surface area contributed by atoms with E-state index in [1.165, 1.54) is 28.8 Å². The van der Waals surface area contributed by atoms with E-state index in [0.717, 1.165) is 11.3 Å². The summed E-state index contributed by atoms with van der Waals surface area (Å²) in [5.74, 6) is 0.260. The van der Waals surface area contributed by atoms with Gasteiger partial charge in [0.1, 0.15) is 11.6 Å². The molecule has 0 saturated carbocycles. The van der Waals surface area contributed by atoms with Crippen molar-refractivity contribution in [3.63, 3.8) is 0 Å². The monoisotopic (exact) mass is 435 g/mol. The van der Waals surface area contributed by atoms with E-state index in [4.69, 9.17) is 16.3 Å². The molecule has 0 atom stereocenters. The summed E-state index contributed by atoms with van der Waals surface area (Å²) in [6.45, 7) is 0.551. The van der Waals surface area contributed by atoms with Crippen molar-refractivity contribution in [1.29, 1.82) is 0 Å². The molecule has 0 N–H and O–H groups in total. The molecule has 1 amide bonds. The molecule has 1 heterocycles. The van der Waals surface area contributed by atoms with Crippen LogP contribution in [-0.4, -0.2) is 50.9 Å². The maximum atomic E-state index is 13.9. The van der Waals surface area contributed by atoms with Gasteiger partial charge in [0.15, 0.2) is 0 Å². The predicted molar refractivity (Wildman–Crippen MR) is 109 cm³/mol. The first-order valence-corrected chi connectivity index (χ1v) is 10.0. The van der Waals surface area contributed by atoms with Crippen LogP contribution in [0.4, 0.5) is 4.39 Å². The number of tetrazole rings is 1. The van der Waals surface area contributed by atoms with Crippen LogP contribution in [0.1, 0.15) is 11.1 Å². The topological polar surface area (TPSA) is 73.1 Å². The van der Waals surface area contributed by atoms with Crippen LogP contribution in [-0.2, 0) is 17.9 Å². The zero-order chi connectivity index (χ0) is 20.8. The number of carbonyl (C=O) groups excluding carboxylic acids is 1. The Bertz CT molecular complexity index is 963. The third kappa shape index (κ3) is 5.45. The van der Waals surface area contributed by atoms with Gasteiger partial charge < -0.3 is 9.64 Å². The van der Waals surface area contributed by atoms with Gasteiger partial charge in [0, 0.05) is 24.2 Å². The summed E-state index contributed by atoms with van der Waals surface area (Å²) in [7, 11) is 3.21. The van der Waals surface area contributed by atoms with Gasteiger partial charge >= 0.3 is 0 Å². The fraction of sp³-hybridized carbons (Fsp3) is 0.263. The summed E-state index contributed by atoms with van der Waals surface area (Å²) in [6, 6.07) is 12.0. The molecule has 0 unspecified atom stereocenters. The smallest absolute Gasteiger partial charge is 0.233 e. The molecule has 0 saturated heterocycles. The molecule has 3 aromatic rings. The standard InChI is InChI=1S/C19H19ClFN5O2S/c1-25(11-15-16(20)4-3-5-17(15)21)18(27)12-29-19-22-23-24-26(19)10-13-6-8-14(28-2)9-7-13/h3-9H,10-12H2,1-2H3. The normalized spacial score (nSPS) is 10.8. The summed E-state index contributed by atoms with van der Waals surface area (Å²) < 4.78 is 20.7. The minimum Gasteiger partial charge on any atom is -0.497 e. The van der Waals surface area contributed by atoms with Gasteiger partial charge in [0.25, 0.3) is 0 Å². The van der Waals surface area contributed by atoms with Crippen LogP contribution >= 0.6 is 23.4 Å². The lowest BCUT2D eigenvalue weighted by molar-refractivity contribution is -0.127. The Kier molecular flexibility index (Phi) is 7.05. The molecule has 0 spiro atoms. The quantitative estimate of drug-likeness (QED) is 0.505. The summed E-state index contributed by atoms with van der Waals surface area (Å²) in [5.41, 5.74) is 1.29. The second-order valence-electron chi connectivity index (χ2n) is 6.21. The van der Waals surface area contributed by atoms with Gasteiger partial charge in [0.05, 0.1) is 19.4 Å². The molecule has 29 heavy (non-hydrogen) atoms. The third-order valence-corrected chi connectivity index (χ3v) is 5.49. The van der Waals surface area contributed by atoms with Crippen molar-refractivity contribution in [3.8, 4) is 5.75 Å². The molecule has 1 aromatic heterocycles. The number of thioether (sulfide) groups is 1. The Balaban J connectivity index is 1.58. The Labute approximate surface area is 176 Å². The molecular weight excluding hydrogens is 417 g/mol. The highest BCUT2D eigenvalue weighted by Crippen LogP contribution is 2.22. The number of rotatable bonds is 8. The van der Waals surface area contributed by atoms with Crippen LogP contribution < -0.4 is 4.74 Å². The molecular formula is C19H19ClFN5O2S. The molecule has 3 rings (SSSR count). The van der Waals surface area contributed by atoms with Crippen molar-refractivity contribution >= 4 is 29.3 Å². The molecule has 0 aliphatic rings. The third-order valence-electron chi connectivity index (χ3n) is 4.20. The molecule has 7 nitrogen and oxygen atoms in total. The van der Waals surface area contributed by atoms with Gasteiger partial charge in [0.2, 0.25) is 11.1 Å². The van der Waals surface area contributed by atoms with Crippen molar-refractivity contribution in [3.05, 3.63) is 64.4 Å². The summed E-state index contributed by atoms with van der Waals surface area (Å²) in [5, 5.41) is 12.5. The number of hydrogen-bond donors (Lipinski definition) is 0. The first-order valence-electron chi connectivity index (χ1n) is 8.66. The zero-order valence-corrected chi connectivity index (χ0v) is 17.5. The minimum atomic E-state index is -0.437. The van der Waals surface area contributed by atoms with Crippen molar-refractivity contribution < 1.29 is 13.9 Å². The minimum absolute atomic E-state index is 0.0850. The molecule has 0 aliphatic carbocycles. The number of ether oxygens (including phenoxy) is 1. The van der Waals surface area contributed by atoms with Crippen LogP contribution in [0.25, 0.3) is 0 Å². The van der Waals surface area contributed by atoms with E-state index in [-0.39, 0.29) is 18.2 Å². The van der Waals surface area contributed by atoms with Crippen molar-refractivity contribution in [2.75, 3.05) is 19.9 Å². The molecule has 152 valence electrons. The lowest BCUT2D eigenvalue weighted by atomic mass is 10.2. The molecule has 0 aliphatic heterocycles. The maximum Gasteiger partial charge on any atom is 0.233 e. The van der Waals surface area contributed by atoms with Crippen LogP contribution in [0, 0.1) is 5.82 Å². The number of halogens is 2. The van der Waals surface area contributed by atoms with E-state index in [9.17, 15) is 9.18 Å². The molecule has 0 bridgehead atoms. The van der Waals surface area contributed by atoms with E-state index in [0.29, 0.717) is 22.3 Å². The summed E-state index contributed by atoms with van der Waals surface area (Å²) in [4.78, 5) is 13.9. The lowest BCUT2D eigenvalue weighted by Crippen LogP contribution is -2.28. The van der Waals surface area contributed by atoms with E-state index >= 15 is 0 Å². The van der Waals surface area contributed by atoms with Crippen LogP contribution in [0.2, 0.25) is 5.02 Å². The van der Waals surface area contributed by atoms with Gasteiger partial charge in [-0.05, 0) is 40.3 Å². The summed E-state index contributed by atoms with van der Waals surface area (Å²) >= 11 is 7.25. The Morgan fingerprint density at radius 2 is 2.03 bits per heavy atom. The Morgan fingerprint density at radius 1 is 1.28 bits per heavy atom. The zero-order valence-electron chi connectivity index (χ0n) is 15.9. The number of aromatic nitrogens is 4. The first-order chi connectivity index (χ1) is 14.0. The van der Waals surface area contributed by atoms with E-state index < -0.39 is 5.82 Å². The number of benzene rings is 2. The van der Waals surface area contributed by atoms with E-state index in [1.807, 2.05) is 24.3 Å². The van der Waals surface area contributed by atoms with Gasteiger partial charge in [-0.25, -0.2) is 9.07 Å². The SMILES string of the molecule is COc1ccc(Cn2nnnc2SCC(=O)N(C)Cc2c(F)cccc2Cl)cc1. The molecule has 0 fully saturated rings. The highest BCUT2D eigenvalue weighted by Gasteiger charge is 2.16. The second-order valence-corrected chi connectivity index (χ2v) is 7.56. The predicted octanol–water partition coefficient (Wildman–Crippen LogP) is 3.27. The Morgan fingerprint density at radius 3 is 2.72 bits per heavy atom. The highest BCUT2D eigenvalue weighted by atomic mass is 35.5. The lowest BCUT2D eigenvalue weighted by Gasteiger charge is -2.18. The van der Waals surface area contributed by atoms with Crippen LogP contribution in [0.5, 0.6) is 5.75 Å². The number of nitrogens with zero attached hydrogens (tertiary/aromatic N) is 5. The largest absolute Gasteiger partial charge is 0.497 e. The number of carbonyl (C=O) groups is 1. The molecule has 2 aromatic carbocycles. The van der Waals surface area contributed by atoms with E-state index in [1.54, 1.807) is 24.9 Å². The van der Waals surface area contributed by atoms with Gasteiger partial charge in [-0.3, -0.25) is 4.79 Å². The van der Waals surface area contributed by atoms with E-state index in [2.05, 4.69) is 15.5 Å². The van der Waals surface area contributed by atoms with Gasteiger partial charge in [-0.15, -0.1) is 5.10 Å². The van der Waals surface area contributed by atoms with Gasteiger partial charge in [-0.2, -0.15) is 0 Å². The van der Waals surface area contributed by atoms with Crippen LogP contribution in [0.3, 0.4) is 0 Å². The number of hydrogen-bond acceptors (Lipinski definition) is 6. The fourth-order valence-corrected chi connectivity index (χ4v) is 3.59. The van der Waals surface area contributed by atoms with Gasteiger partial charge in [-0.1, -0.05) is 41.6 Å². The number of methoxy groups -OCH3 is 1.